The summed E-state index contributed by atoms with van der Waals surface area (Å²) in [5, 5.41) is 14.4. The zero-order valence-corrected chi connectivity index (χ0v) is 14.0. The number of nitrogens with one attached hydrogen (secondary N) is 1. The predicted octanol–water partition coefficient (Wildman–Crippen LogP) is 3.39. The van der Waals surface area contributed by atoms with E-state index in [1.165, 1.54) is 18.3 Å². The number of benzene rings is 2. The van der Waals surface area contributed by atoms with Gasteiger partial charge < -0.3 is 4.74 Å². The van der Waals surface area contributed by atoms with E-state index in [1.54, 1.807) is 36.4 Å². The number of ether oxygens (including phenoxy) is 1. The molecule has 0 aliphatic carbocycles. The molecule has 0 unspecified atom stereocenters. The van der Waals surface area contributed by atoms with Crippen molar-refractivity contribution in [3.8, 4) is 5.75 Å². The molecule has 1 amide bonds. The molecule has 0 spiro atoms. The van der Waals surface area contributed by atoms with Gasteiger partial charge in [-0.15, -0.1) is 0 Å². The summed E-state index contributed by atoms with van der Waals surface area (Å²) in [6.07, 6.45) is 1.42. The maximum Gasteiger partial charge on any atom is 0.271 e. The summed E-state index contributed by atoms with van der Waals surface area (Å²) < 4.78 is 5.56. The maximum absolute atomic E-state index is 12.0. The summed E-state index contributed by atoms with van der Waals surface area (Å²) in [5.74, 6) is 0.782. The number of hydrogen-bond acceptors (Lipinski definition) is 5. The van der Waals surface area contributed by atoms with Crippen LogP contribution in [0.4, 0.5) is 5.69 Å². The first-order chi connectivity index (χ1) is 12.0. The first-order valence-electron chi connectivity index (χ1n) is 7.76. The van der Waals surface area contributed by atoms with E-state index < -0.39 is 4.92 Å². The van der Waals surface area contributed by atoms with Gasteiger partial charge >= 0.3 is 0 Å². The Bertz CT molecular complexity index is 753. The lowest BCUT2D eigenvalue weighted by Gasteiger charge is -2.08. The molecule has 0 bridgehead atoms. The van der Waals surface area contributed by atoms with Crippen molar-refractivity contribution < 1.29 is 14.5 Å². The van der Waals surface area contributed by atoms with Crippen molar-refractivity contribution in [2.24, 2.45) is 11.0 Å². The summed E-state index contributed by atoms with van der Waals surface area (Å²) in [7, 11) is 0. The summed E-state index contributed by atoms with van der Waals surface area (Å²) in [4.78, 5) is 22.1. The zero-order chi connectivity index (χ0) is 18.2. The van der Waals surface area contributed by atoms with Crippen LogP contribution in [0.5, 0.6) is 5.75 Å². The summed E-state index contributed by atoms with van der Waals surface area (Å²) in [6, 6.07) is 12.6. The zero-order valence-electron chi connectivity index (χ0n) is 14.0. The van der Waals surface area contributed by atoms with Crippen LogP contribution in [0.2, 0.25) is 0 Å². The lowest BCUT2D eigenvalue weighted by Crippen LogP contribution is -2.17. The number of nitro benzene ring substituents is 1. The highest BCUT2D eigenvalue weighted by atomic mass is 16.6. The number of carbonyl (C=O) groups is 1. The van der Waals surface area contributed by atoms with E-state index in [-0.39, 0.29) is 11.6 Å². The average molecular weight is 341 g/mol. The second-order valence-corrected chi connectivity index (χ2v) is 5.78. The Balaban J connectivity index is 1.89. The summed E-state index contributed by atoms with van der Waals surface area (Å²) >= 11 is 0. The van der Waals surface area contributed by atoms with E-state index in [1.807, 2.05) is 0 Å². The molecule has 7 nitrogen and oxygen atoms in total. The van der Waals surface area contributed by atoms with Crippen molar-refractivity contribution in [2.45, 2.75) is 13.8 Å². The quantitative estimate of drug-likeness (QED) is 0.474. The molecule has 0 heterocycles. The fourth-order valence-electron chi connectivity index (χ4n) is 1.88. The number of non-ortho nitro benzene ring substituents is 1. The van der Waals surface area contributed by atoms with Gasteiger partial charge in [0.25, 0.3) is 11.6 Å². The highest BCUT2D eigenvalue weighted by Gasteiger charge is 2.05. The van der Waals surface area contributed by atoms with Gasteiger partial charge in [-0.1, -0.05) is 13.8 Å². The Hall–Kier alpha value is -3.22. The van der Waals surface area contributed by atoms with Crippen molar-refractivity contribution in [1.29, 1.82) is 0 Å². The van der Waals surface area contributed by atoms with Crippen LogP contribution >= 0.6 is 0 Å². The number of rotatable bonds is 7. The van der Waals surface area contributed by atoms with Crippen molar-refractivity contribution in [3.63, 3.8) is 0 Å². The lowest BCUT2D eigenvalue weighted by molar-refractivity contribution is -0.384. The lowest BCUT2D eigenvalue weighted by atomic mass is 10.2. The Labute approximate surface area is 145 Å². The molecule has 0 aliphatic rings. The molecule has 2 aromatic carbocycles. The second-order valence-electron chi connectivity index (χ2n) is 5.78. The van der Waals surface area contributed by atoms with E-state index in [4.69, 9.17) is 4.74 Å². The van der Waals surface area contributed by atoms with Gasteiger partial charge in [-0.05, 0) is 47.9 Å². The molecule has 0 saturated heterocycles. The van der Waals surface area contributed by atoms with E-state index in [0.717, 1.165) is 0 Å². The van der Waals surface area contributed by atoms with Crippen molar-refractivity contribution in [2.75, 3.05) is 6.61 Å². The van der Waals surface area contributed by atoms with Gasteiger partial charge in [0.1, 0.15) is 5.75 Å². The van der Waals surface area contributed by atoms with Crippen LogP contribution in [-0.2, 0) is 0 Å². The van der Waals surface area contributed by atoms with Crippen LogP contribution in [0.1, 0.15) is 29.8 Å². The van der Waals surface area contributed by atoms with Crippen molar-refractivity contribution in [3.05, 3.63) is 69.8 Å². The molecule has 0 atom stereocenters. The molecule has 0 aliphatic heterocycles. The Morgan fingerprint density at radius 3 is 2.40 bits per heavy atom. The minimum absolute atomic E-state index is 0.000890. The molecule has 0 aromatic heterocycles. The smallest absolute Gasteiger partial charge is 0.271 e. The first kappa shape index (κ1) is 18.1. The molecule has 7 heteroatoms. The van der Waals surface area contributed by atoms with E-state index in [0.29, 0.717) is 29.4 Å². The fourth-order valence-corrected chi connectivity index (χ4v) is 1.88. The van der Waals surface area contributed by atoms with Crippen LogP contribution in [0.3, 0.4) is 0 Å². The number of hydrazone groups is 1. The monoisotopic (exact) mass is 341 g/mol. The van der Waals surface area contributed by atoms with E-state index >= 15 is 0 Å². The van der Waals surface area contributed by atoms with Gasteiger partial charge in [-0.25, -0.2) is 5.43 Å². The van der Waals surface area contributed by atoms with Gasteiger partial charge in [-0.3, -0.25) is 14.9 Å². The number of amides is 1. The Kier molecular flexibility index (Phi) is 6.22. The first-order valence-corrected chi connectivity index (χ1v) is 7.76. The topological polar surface area (TPSA) is 93.8 Å². The largest absolute Gasteiger partial charge is 0.493 e. The molecular formula is C18H19N3O4. The van der Waals surface area contributed by atoms with Gasteiger partial charge in [0.15, 0.2) is 0 Å². The molecular weight excluding hydrogens is 322 g/mol. The minimum Gasteiger partial charge on any atom is -0.493 e. The third kappa shape index (κ3) is 5.72. The van der Waals surface area contributed by atoms with Crippen LogP contribution in [0.25, 0.3) is 0 Å². The van der Waals surface area contributed by atoms with Crippen LogP contribution < -0.4 is 10.2 Å². The molecule has 2 rings (SSSR count). The molecule has 2 aromatic rings. The van der Waals surface area contributed by atoms with Gasteiger partial charge in [0.05, 0.1) is 17.7 Å². The molecule has 0 fully saturated rings. The predicted molar refractivity (Wildman–Crippen MR) is 94.9 cm³/mol. The SMILES string of the molecule is CC(C)COc1ccc(C(=O)NN=Cc2ccc([N+](=O)[O-])cc2)cc1. The Morgan fingerprint density at radius 1 is 1.20 bits per heavy atom. The second kappa shape index (κ2) is 8.58. The van der Waals surface area contributed by atoms with Crippen LogP contribution in [0, 0.1) is 16.0 Å². The standard InChI is InChI=1S/C18H19N3O4/c1-13(2)12-25-17-9-5-15(6-10-17)18(22)20-19-11-14-3-7-16(8-4-14)21(23)24/h3-11,13H,12H2,1-2H3,(H,20,22). The molecule has 1 N–H and O–H groups in total. The third-order valence-corrected chi connectivity index (χ3v) is 3.18. The third-order valence-electron chi connectivity index (χ3n) is 3.18. The summed E-state index contributed by atoms with van der Waals surface area (Å²) in [5.41, 5.74) is 3.51. The van der Waals surface area contributed by atoms with E-state index in [9.17, 15) is 14.9 Å². The normalized spacial score (nSPS) is 10.8. The highest BCUT2D eigenvalue weighted by Crippen LogP contribution is 2.13. The van der Waals surface area contributed by atoms with Gasteiger partial charge in [0, 0.05) is 17.7 Å². The molecule has 0 radical (unpaired) electrons. The number of carbonyl (C=O) groups excluding carboxylic acids is 1. The number of nitrogens with zero attached hydrogens (tertiary/aromatic N) is 2. The highest BCUT2D eigenvalue weighted by molar-refractivity contribution is 5.95. The number of hydrogen-bond donors (Lipinski definition) is 1. The van der Waals surface area contributed by atoms with E-state index in [2.05, 4.69) is 24.4 Å². The molecule has 0 saturated carbocycles. The van der Waals surface area contributed by atoms with Gasteiger partial charge in [-0.2, -0.15) is 5.10 Å². The average Bonchev–Trinajstić information content (AvgIpc) is 2.60. The van der Waals surface area contributed by atoms with Crippen LogP contribution in [-0.4, -0.2) is 23.7 Å². The van der Waals surface area contributed by atoms with Crippen molar-refractivity contribution >= 4 is 17.8 Å². The minimum atomic E-state index is -0.475. The molecule has 25 heavy (non-hydrogen) atoms. The molecule has 130 valence electrons. The van der Waals surface area contributed by atoms with Crippen LogP contribution in [0.15, 0.2) is 53.6 Å². The van der Waals surface area contributed by atoms with Gasteiger partial charge in [0.2, 0.25) is 0 Å². The summed E-state index contributed by atoms with van der Waals surface area (Å²) in [6.45, 7) is 4.74. The fraction of sp³-hybridized carbons (Fsp3) is 0.222. The van der Waals surface area contributed by atoms with Crippen molar-refractivity contribution in [1.82, 2.24) is 5.43 Å². The maximum atomic E-state index is 12.0. The Morgan fingerprint density at radius 2 is 1.84 bits per heavy atom. The number of nitro groups is 1.